The van der Waals surface area contributed by atoms with Crippen molar-refractivity contribution in [2.24, 2.45) is 0 Å². The van der Waals surface area contributed by atoms with Gasteiger partial charge in [0.15, 0.2) is 0 Å². The summed E-state index contributed by atoms with van der Waals surface area (Å²) in [5, 5.41) is 2.88. The summed E-state index contributed by atoms with van der Waals surface area (Å²) in [7, 11) is 0. The fraction of sp³-hybridized carbons (Fsp3) is 0.500. The predicted octanol–water partition coefficient (Wildman–Crippen LogP) is 2.04. The van der Waals surface area contributed by atoms with Crippen LogP contribution in [0.5, 0.6) is 5.75 Å². The fourth-order valence-corrected chi connectivity index (χ4v) is 2.06. The van der Waals surface area contributed by atoms with Crippen LogP contribution < -0.4 is 10.1 Å². The lowest BCUT2D eigenvalue weighted by Gasteiger charge is -2.25. The van der Waals surface area contributed by atoms with E-state index in [2.05, 4.69) is 31.3 Å². The van der Waals surface area contributed by atoms with Crippen molar-refractivity contribution in [3.8, 4) is 5.75 Å². The van der Waals surface area contributed by atoms with Crippen LogP contribution in [0.2, 0.25) is 0 Å². The Morgan fingerprint density at radius 2 is 2.24 bits per heavy atom. The van der Waals surface area contributed by atoms with Crippen LogP contribution in [0.25, 0.3) is 0 Å². The summed E-state index contributed by atoms with van der Waals surface area (Å²) in [6.45, 7) is 7.26. The molecule has 0 bridgehead atoms. The molecule has 2 rings (SSSR count). The Balaban J connectivity index is 2.18. The Kier molecular flexibility index (Phi) is 3.09. The van der Waals surface area contributed by atoms with E-state index in [0.717, 1.165) is 18.8 Å². The Bertz CT molecular complexity index is 438. The number of rotatable bonds is 3. The molecule has 1 heterocycles. The van der Waals surface area contributed by atoms with Gasteiger partial charge in [0.1, 0.15) is 5.75 Å². The minimum atomic E-state index is -0.0523. The van der Waals surface area contributed by atoms with Gasteiger partial charge in [0.2, 0.25) is 5.91 Å². The molecule has 1 aromatic rings. The van der Waals surface area contributed by atoms with E-state index in [1.54, 1.807) is 6.92 Å². The van der Waals surface area contributed by atoms with E-state index >= 15 is 0 Å². The van der Waals surface area contributed by atoms with E-state index in [-0.39, 0.29) is 11.3 Å². The summed E-state index contributed by atoms with van der Waals surface area (Å²) in [6, 6.07) is 6.32. The molecule has 0 saturated heterocycles. The van der Waals surface area contributed by atoms with E-state index in [1.807, 2.05) is 6.07 Å². The Morgan fingerprint density at radius 1 is 1.47 bits per heavy atom. The van der Waals surface area contributed by atoms with Gasteiger partial charge in [0, 0.05) is 25.3 Å². The number of carbonyl (C=O) groups excluding carboxylic acids is 1. The highest BCUT2D eigenvalue weighted by Crippen LogP contribution is 2.31. The molecular weight excluding hydrogens is 214 g/mol. The average Bonchev–Trinajstić information content (AvgIpc) is 2.73. The summed E-state index contributed by atoms with van der Waals surface area (Å²) in [5.41, 5.74) is 2.47. The molecule has 0 atom stereocenters. The summed E-state index contributed by atoms with van der Waals surface area (Å²) in [4.78, 5) is 11.0. The minimum absolute atomic E-state index is 0.0163. The summed E-state index contributed by atoms with van der Waals surface area (Å²) in [6.07, 6.45) is 0.986. The maximum absolute atomic E-state index is 11.0. The van der Waals surface area contributed by atoms with Gasteiger partial charge in [-0.2, -0.15) is 0 Å². The first-order valence-electron chi connectivity index (χ1n) is 6.00. The van der Waals surface area contributed by atoms with Gasteiger partial charge < -0.3 is 10.1 Å². The third-order valence-electron chi connectivity index (χ3n) is 3.25. The highest BCUT2D eigenvalue weighted by Gasteiger charge is 2.23. The van der Waals surface area contributed by atoms with Crippen LogP contribution in [-0.2, 0) is 16.6 Å². The molecule has 0 unspecified atom stereocenters. The van der Waals surface area contributed by atoms with Crippen molar-refractivity contribution in [2.75, 3.05) is 13.2 Å². The minimum Gasteiger partial charge on any atom is -0.493 e. The summed E-state index contributed by atoms with van der Waals surface area (Å²) in [5.74, 6) is 1.02. The Hall–Kier alpha value is -1.51. The monoisotopic (exact) mass is 233 g/mol. The molecule has 1 aliphatic rings. The number of benzene rings is 1. The van der Waals surface area contributed by atoms with Gasteiger partial charge >= 0.3 is 0 Å². The fourth-order valence-electron chi connectivity index (χ4n) is 2.06. The first kappa shape index (κ1) is 12.0. The van der Waals surface area contributed by atoms with E-state index in [1.165, 1.54) is 11.1 Å². The first-order chi connectivity index (χ1) is 7.99. The molecule has 0 fully saturated rings. The van der Waals surface area contributed by atoms with Crippen molar-refractivity contribution in [2.45, 2.75) is 32.6 Å². The van der Waals surface area contributed by atoms with Crippen molar-refractivity contribution < 1.29 is 9.53 Å². The van der Waals surface area contributed by atoms with E-state index in [0.29, 0.717) is 6.54 Å². The third kappa shape index (κ3) is 2.60. The van der Waals surface area contributed by atoms with Crippen molar-refractivity contribution in [3.05, 3.63) is 29.3 Å². The number of hydrogen-bond donors (Lipinski definition) is 1. The van der Waals surface area contributed by atoms with Gasteiger partial charge in [-0.15, -0.1) is 0 Å². The van der Waals surface area contributed by atoms with Crippen LogP contribution >= 0.6 is 0 Å². The van der Waals surface area contributed by atoms with Gasteiger partial charge in [-0.05, 0) is 17.2 Å². The lowest BCUT2D eigenvalue weighted by molar-refractivity contribution is -0.119. The lowest BCUT2D eigenvalue weighted by Crippen LogP contribution is -2.35. The van der Waals surface area contributed by atoms with Crippen LogP contribution in [0.1, 0.15) is 31.9 Å². The Labute approximate surface area is 102 Å². The smallest absolute Gasteiger partial charge is 0.216 e. The number of fused-ring (bicyclic) bond motifs is 1. The zero-order valence-corrected chi connectivity index (χ0v) is 10.7. The molecule has 0 saturated carbocycles. The second-order valence-corrected chi connectivity index (χ2v) is 5.21. The second kappa shape index (κ2) is 4.40. The molecular formula is C14H19NO2. The predicted molar refractivity (Wildman–Crippen MR) is 67.4 cm³/mol. The maximum atomic E-state index is 11.0. The van der Waals surface area contributed by atoms with Crippen molar-refractivity contribution in [1.82, 2.24) is 5.32 Å². The third-order valence-corrected chi connectivity index (χ3v) is 3.25. The highest BCUT2D eigenvalue weighted by molar-refractivity contribution is 5.72. The van der Waals surface area contributed by atoms with Gasteiger partial charge in [0.25, 0.3) is 0 Å². The quantitative estimate of drug-likeness (QED) is 0.867. The summed E-state index contributed by atoms with van der Waals surface area (Å²) >= 11 is 0. The molecule has 1 aliphatic heterocycles. The number of amides is 1. The molecule has 1 amide bonds. The molecule has 0 aromatic heterocycles. The molecule has 92 valence electrons. The molecule has 0 radical (unpaired) electrons. The standard InChI is InChI=1S/C14H19NO2/c1-10(16)15-9-14(2,3)12-4-5-13-11(8-12)6-7-17-13/h4-5,8H,6-7,9H2,1-3H3,(H,15,16). The van der Waals surface area contributed by atoms with Crippen LogP contribution in [0, 0.1) is 0 Å². The van der Waals surface area contributed by atoms with E-state index < -0.39 is 0 Å². The number of hydrogen-bond acceptors (Lipinski definition) is 2. The maximum Gasteiger partial charge on any atom is 0.216 e. The van der Waals surface area contributed by atoms with Gasteiger partial charge in [-0.25, -0.2) is 0 Å². The molecule has 0 aliphatic carbocycles. The molecule has 3 heteroatoms. The summed E-state index contributed by atoms with van der Waals surface area (Å²) < 4.78 is 5.49. The topological polar surface area (TPSA) is 38.3 Å². The number of ether oxygens (including phenoxy) is 1. The van der Waals surface area contributed by atoms with E-state index in [9.17, 15) is 4.79 Å². The second-order valence-electron chi connectivity index (χ2n) is 5.21. The number of nitrogens with one attached hydrogen (secondary N) is 1. The molecule has 1 aromatic carbocycles. The normalized spacial score (nSPS) is 14.1. The molecule has 1 N–H and O–H groups in total. The van der Waals surface area contributed by atoms with Gasteiger partial charge in [0.05, 0.1) is 6.61 Å². The van der Waals surface area contributed by atoms with E-state index in [4.69, 9.17) is 4.74 Å². The molecule has 3 nitrogen and oxygen atoms in total. The SMILES string of the molecule is CC(=O)NCC(C)(C)c1ccc2c(c1)CCO2. The van der Waals surface area contributed by atoms with Crippen LogP contribution in [0.15, 0.2) is 18.2 Å². The zero-order chi connectivity index (χ0) is 12.5. The van der Waals surface area contributed by atoms with Crippen LogP contribution in [-0.4, -0.2) is 19.1 Å². The lowest BCUT2D eigenvalue weighted by atomic mass is 9.83. The highest BCUT2D eigenvalue weighted by atomic mass is 16.5. The molecule has 0 spiro atoms. The Morgan fingerprint density at radius 3 is 2.94 bits per heavy atom. The molecule has 17 heavy (non-hydrogen) atoms. The van der Waals surface area contributed by atoms with Gasteiger partial charge in [-0.1, -0.05) is 26.0 Å². The van der Waals surface area contributed by atoms with Crippen molar-refractivity contribution in [3.63, 3.8) is 0 Å². The van der Waals surface area contributed by atoms with Crippen LogP contribution in [0.3, 0.4) is 0 Å². The largest absolute Gasteiger partial charge is 0.493 e. The number of carbonyl (C=O) groups is 1. The van der Waals surface area contributed by atoms with Crippen molar-refractivity contribution >= 4 is 5.91 Å². The average molecular weight is 233 g/mol. The first-order valence-corrected chi connectivity index (χ1v) is 6.00. The van der Waals surface area contributed by atoms with Crippen LogP contribution in [0.4, 0.5) is 0 Å². The zero-order valence-electron chi connectivity index (χ0n) is 10.7. The van der Waals surface area contributed by atoms with Gasteiger partial charge in [-0.3, -0.25) is 4.79 Å². The van der Waals surface area contributed by atoms with Crippen molar-refractivity contribution in [1.29, 1.82) is 0 Å².